The van der Waals surface area contributed by atoms with Crippen LogP contribution in [0.2, 0.25) is 0 Å². The summed E-state index contributed by atoms with van der Waals surface area (Å²) in [4.78, 5) is 14.3. The lowest BCUT2D eigenvalue weighted by molar-refractivity contribution is -0.137. The van der Waals surface area contributed by atoms with Crippen LogP contribution in [0, 0.1) is 5.82 Å². The van der Waals surface area contributed by atoms with E-state index in [2.05, 4.69) is 4.98 Å². The summed E-state index contributed by atoms with van der Waals surface area (Å²) in [6.45, 7) is -0.328. The van der Waals surface area contributed by atoms with Gasteiger partial charge < -0.3 is 10.8 Å². The summed E-state index contributed by atoms with van der Waals surface area (Å²) in [5.74, 6) is -1.56. The Morgan fingerprint density at radius 3 is 3.00 bits per heavy atom. The predicted molar refractivity (Wildman–Crippen MR) is 51.7 cm³/mol. The average molecular weight is 209 g/mol. The number of aromatic nitrogens is 2. The van der Waals surface area contributed by atoms with Gasteiger partial charge in [-0.3, -0.25) is 9.36 Å². The highest BCUT2D eigenvalue weighted by molar-refractivity contribution is 5.81. The van der Waals surface area contributed by atoms with Crippen molar-refractivity contribution in [3.63, 3.8) is 0 Å². The maximum atomic E-state index is 13.2. The Morgan fingerprint density at radius 1 is 1.60 bits per heavy atom. The van der Waals surface area contributed by atoms with E-state index in [0.717, 1.165) is 0 Å². The van der Waals surface area contributed by atoms with E-state index in [9.17, 15) is 9.18 Å². The molecule has 1 heterocycles. The lowest BCUT2D eigenvalue weighted by Crippen LogP contribution is -2.11. The number of nitrogen functional groups attached to an aromatic ring is 1. The van der Waals surface area contributed by atoms with Gasteiger partial charge in [0.15, 0.2) is 5.82 Å². The highest BCUT2D eigenvalue weighted by Gasteiger charge is 2.13. The van der Waals surface area contributed by atoms with E-state index in [0.29, 0.717) is 5.52 Å². The second-order valence-corrected chi connectivity index (χ2v) is 3.06. The predicted octanol–water partition coefficient (Wildman–Crippen LogP) is 0.842. The molecular weight excluding hydrogens is 201 g/mol. The Balaban J connectivity index is 2.68. The highest BCUT2D eigenvalue weighted by Crippen LogP contribution is 2.19. The molecular formula is C9H8FN3O2. The molecule has 3 N–H and O–H groups in total. The smallest absolute Gasteiger partial charge is 0.323 e. The molecule has 0 amide bonds. The summed E-state index contributed by atoms with van der Waals surface area (Å²) < 4.78 is 14.5. The third kappa shape index (κ3) is 1.50. The number of anilines is 1. The second kappa shape index (κ2) is 3.23. The molecule has 0 radical (unpaired) electrons. The van der Waals surface area contributed by atoms with Crippen molar-refractivity contribution in [2.24, 2.45) is 0 Å². The molecule has 0 atom stereocenters. The maximum absolute atomic E-state index is 13.2. The number of imidazole rings is 1. The van der Waals surface area contributed by atoms with Gasteiger partial charge in [-0.1, -0.05) is 6.07 Å². The Labute approximate surface area is 83.9 Å². The van der Waals surface area contributed by atoms with E-state index in [-0.39, 0.29) is 18.0 Å². The van der Waals surface area contributed by atoms with Crippen LogP contribution in [0.3, 0.4) is 0 Å². The zero-order chi connectivity index (χ0) is 11.0. The Morgan fingerprint density at radius 2 is 2.33 bits per heavy atom. The fourth-order valence-electron chi connectivity index (χ4n) is 1.43. The van der Waals surface area contributed by atoms with E-state index < -0.39 is 11.8 Å². The van der Waals surface area contributed by atoms with Crippen LogP contribution in [0.1, 0.15) is 0 Å². The number of rotatable bonds is 2. The minimum Gasteiger partial charge on any atom is -0.480 e. The highest BCUT2D eigenvalue weighted by atomic mass is 19.1. The minimum absolute atomic E-state index is 0.00231. The van der Waals surface area contributed by atoms with Gasteiger partial charge in [0.1, 0.15) is 12.1 Å². The maximum Gasteiger partial charge on any atom is 0.323 e. The van der Waals surface area contributed by atoms with Crippen LogP contribution in [0.25, 0.3) is 11.0 Å². The topological polar surface area (TPSA) is 81.1 Å². The molecule has 1 aromatic heterocycles. The van der Waals surface area contributed by atoms with Crippen molar-refractivity contribution < 1.29 is 14.3 Å². The van der Waals surface area contributed by atoms with Gasteiger partial charge in [0.25, 0.3) is 0 Å². The molecule has 2 rings (SSSR count). The van der Waals surface area contributed by atoms with Crippen LogP contribution in [-0.4, -0.2) is 20.6 Å². The first-order valence-electron chi connectivity index (χ1n) is 4.21. The second-order valence-electron chi connectivity index (χ2n) is 3.06. The Hall–Kier alpha value is -2.11. The summed E-state index contributed by atoms with van der Waals surface area (Å²) in [6.07, 6.45) is 0. The van der Waals surface area contributed by atoms with Gasteiger partial charge in [0, 0.05) is 0 Å². The van der Waals surface area contributed by atoms with Gasteiger partial charge in [0.05, 0.1) is 5.52 Å². The number of carbonyl (C=O) groups is 1. The number of para-hydroxylation sites is 1. The molecule has 0 aliphatic heterocycles. The molecule has 0 spiro atoms. The first kappa shape index (κ1) is 9.45. The van der Waals surface area contributed by atoms with Crippen LogP contribution in [0.4, 0.5) is 10.3 Å². The lowest BCUT2D eigenvalue weighted by Gasteiger charge is -2.01. The molecule has 6 heteroatoms. The van der Waals surface area contributed by atoms with Gasteiger partial charge in [0.2, 0.25) is 5.95 Å². The van der Waals surface area contributed by atoms with Crippen molar-refractivity contribution in [3.05, 3.63) is 24.0 Å². The summed E-state index contributed by atoms with van der Waals surface area (Å²) in [7, 11) is 0. The van der Waals surface area contributed by atoms with E-state index in [1.54, 1.807) is 6.07 Å². The Kier molecular flexibility index (Phi) is 2.03. The Bertz CT molecular complexity index is 535. The number of hydrogen-bond donors (Lipinski definition) is 2. The van der Waals surface area contributed by atoms with Gasteiger partial charge >= 0.3 is 5.97 Å². The van der Waals surface area contributed by atoms with Crippen LogP contribution >= 0.6 is 0 Å². The molecule has 5 nitrogen and oxygen atoms in total. The number of carboxylic acid groups (broad SMARTS) is 1. The van der Waals surface area contributed by atoms with Crippen LogP contribution in [0.5, 0.6) is 0 Å². The monoisotopic (exact) mass is 209 g/mol. The SMILES string of the molecule is Nc1nc2c(F)cccc2n1CC(=O)O. The summed E-state index contributed by atoms with van der Waals surface area (Å²) in [5.41, 5.74) is 5.97. The molecule has 15 heavy (non-hydrogen) atoms. The average Bonchev–Trinajstić information content (AvgIpc) is 2.45. The molecule has 2 aromatic rings. The van der Waals surface area contributed by atoms with Crippen molar-refractivity contribution in [2.45, 2.75) is 6.54 Å². The van der Waals surface area contributed by atoms with Crippen molar-refractivity contribution >= 4 is 23.0 Å². The van der Waals surface area contributed by atoms with Crippen molar-refractivity contribution in [2.75, 3.05) is 5.73 Å². The lowest BCUT2D eigenvalue weighted by atomic mass is 10.3. The van der Waals surface area contributed by atoms with E-state index in [4.69, 9.17) is 10.8 Å². The zero-order valence-corrected chi connectivity index (χ0v) is 7.64. The number of carboxylic acids is 1. The summed E-state index contributed by atoms with van der Waals surface area (Å²) >= 11 is 0. The molecule has 0 aliphatic rings. The first-order valence-corrected chi connectivity index (χ1v) is 4.21. The minimum atomic E-state index is -1.05. The number of fused-ring (bicyclic) bond motifs is 1. The molecule has 0 unspecified atom stereocenters. The van der Waals surface area contributed by atoms with Crippen LogP contribution in [-0.2, 0) is 11.3 Å². The van der Waals surface area contributed by atoms with E-state index in [1.165, 1.54) is 16.7 Å². The van der Waals surface area contributed by atoms with Crippen molar-refractivity contribution in [3.8, 4) is 0 Å². The van der Waals surface area contributed by atoms with Crippen molar-refractivity contribution in [1.82, 2.24) is 9.55 Å². The molecule has 0 saturated carbocycles. The van der Waals surface area contributed by atoms with Gasteiger partial charge in [-0.2, -0.15) is 0 Å². The molecule has 1 aromatic carbocycles. The van der Waals surface area contributed by atoms with E-state index in [1.807, 2.05) is 0 Å². The molecule has 0 fully saturated rings. The summed E-state index contributed by atoms with van der Waals surface area (Å²) in [6, 6.07) is 4.31. The largest absolute Gasteiger partial charge is 0.480 e. The summed E-state index contributed by atoms with van der Waals surface area (Å²) in [5, 5.41) is 8.64. The van der Waals surface area contributed by atoms with Crippen LogP contribution < -0.4 is 5.73 Å². The zero-order valence-electron chi connectivity index (χ0n) is 7.64. The number of benzene rings is 1. The van der Waals surface area contributed by atoms with Crippen molar-refractivity contribution in [1.29, 1.82) is 0 Å². The third-order valence-electron chi connectivity index (χ3n) is 2.05. The molecule has 0 aliphatic carbocycles. The normalized spacial score (nSPS) is 10.7. The van der Waals surface area contributed by atoms with Crippen LogP contribution in [0.15, 0.2) is 18.2 Å². The number of halogens is 1. The quantitative estimate of drug-likeness (QED) is 0.767. The number of hydrogen-bond acceptors (Lipinski definition) is 3. The van der Waals surface area contributed by atoms with Gasteiger partial charge in [-0.25, -0.2) is 9.37 Å². The third-order valence-corrected chi connectivity index (χ3v) is 2.05. The number of aliphatic carboxylic acids is 1. The standard InChI is InChI=1S/C9H8FN3O2/c10-5-2-1-3-6-8(5)12-9(11)13(6)4-7(14)15/h1-3H,4H2,(H2,11,12)(H,14,15). The van der Waals surface area contributed by atoms with Gasteiger partial charge in [-0.15, -0.1) is 0 Å². The fourth-order valence-corrected chi connectivity index (χ4v) is 1.43. The molecule has 0 saturated heterocycles. The van der Waals surface area contributed by atoms with E-state index >= 15 is 0 Å². The molecule has 0 bridgehead atoms. The number of nitrogens with two attached hydrogens (primary N) is 1. The van der Waals surface area contributed by atoms with Gasteiger partial charge in [-0.05, 0) is 12.1 Å². The first-order chi connectivity index (χ1) is 7.09. The molecule has 78 valence electrons. The fraction of sp³-hybridized carbons (Fsp3) is 0.111. The number of nitrogens with zero attached hydrogens (tertiary/aromatic N) is 2.